The lowest BCUT2D eigenvalue weighted by Gasteiger charge is -2.01. The summed E-state index contributed by atoms with van der Waals surface area (Å²) >= 11 is 0. The molecule has 1 heterocycles. The molecule has 0 saturated heterocycles. The van der Waals surface area contributed by atoms with E-state index in [4.69, 9.17) is 5.73 Å². The molecule has 2 rings (SSSR count). The highest BCUT2D eigenvalue weighted by atomic mass is 14.9. The molecule has 0 aliphatic heterocycles. The average molecular weight is 165 g/mol. The summed E-state index contributed by atoms with van der Waals surface area (Å²) < 4.78 is 0. The predicted octanol–water partition coefficient (Wildman–Crippen LogP) is 0.962. The lowest BCUT2D eigenvalue weighted by atomic mass is 10.1. The maximum atomic E-state index is 5.45. The summed E-state index contributed by atoms with van der Waals surface area (Å²) in [6, 6.07) is 0. The first kappa shape index (κ1) is 7.80. The van der Waals surface area contributed by atoms with Crippen LogP contribution < -0.4 is 5.73 Å². The molecule has 0 radical (unpaired) electrons. The Morgan fingerprint density at radius 1 is 1.67 bits per heavy atom. The van der Waals surface area contributed by atoms with E-state index in [-0.39, 0.29) is 0 Å². The van der Waals surface area contributed by atoms with E-state index in [0.29, 0.717) is 12.0 Å². The maximum absolute atomic E-state index is 5.45. The molecule has 1 aromatic rings. The molecule has 0 spiro atoms. The molecule has 66 valence electrons. The van der Waals surface area contributed by atoms with E-state index >= 15 is 0 Å². The molecule has 12 heavy (non-hydrogen) atoms. The SMILES string of the molecule is CC1(c2ncc(CCN)[nH]2)CC1. The van der Waals surface area contributed by atoms with Crippen LogP contribution in [0.15, 0.2) is 6.20 Å². The van der Waals surface area contributed by atoms with Crippen molar-refractivity contribution in [3.8, 4) is 0 Å². The quantitative estimate of drug-likeness (QED) is 0.701. The summed E-state index contributed by atoms with van der Waals surface area (Å²) in [7, 11) is 0. The van der Waals surface area contributed by atoms with Crippen molar-refractivity contribution in [1.82, 2.24) is 9.97 Å². The van der Waals surface area contributed by atoms with Crippen molar-refractivity contribution in [1.29, 1.82) is 0 Å². The molecule has 0 bridgehead atoms. The third-order valence-electron chi connectivity index (χ3n) is 2.61. The van der Waals surface area contributed by atoms with Gasteiger partial charge in [-0.15, -0.1) is 0 Å². The van der Waals surface area contributed by atoms with Crippen molar-refractivity contribution in [3.05, 3.63) is 17.7 Å². The number of H-pyrrole nitrogens is 1. The van der Waals surface area contributed by atoms with Crippen LogP contribution in [0.3, 0.4) is 0 Å². The lowest BCUT2D eigenvalue weighted by molar-refractivity contribution is 0.719. The Balaban J connectivity index is 2.13. The topological polar surface area (TPSA) is 54.7 Å². The second-order valence-corrected chi connectivity index (χ2v) is 3.86. The third-order valence-corrected chi connectivity index (χ3v) is 2.61. The van der Waals surface area contributed by atoms with Crippen LogP contribution in [-0.2, 0) is 11.8 Å². The molecule has 1 aliphatic rings. The number of nitrogens with one attached hydrogen (secondary N) is 1. The van der Waals surface area contributed by atoms with Gasteiger partial charge in [-0.25, -0.2) is 4.98 Å². The first-order valence-corrected chi connectivity index (χ1v) is 4.49. The molecule has 1 fully saturated rings. The molecule has 3 heteroatoms. The molecule has 0 atom stereocenters. The van der Waals surface area contributed by atoms with Crippen molar-refractivity contribution < 1.29 is 0 Å². The Morgan fingerprint density at radius 3 is 3.00 bits per heavy atom. The van der Waals surface area contributed by atoms with Crippen molar-refractivity contribution in [2.45, 2.75) is 31.6 Å². The number of aromatic amines is 1. The Morgan fingerprint density at radius 2 is 2.42 bits per heavy atom. The number of rotatable bonds is 3. The minimum atomic E-state index is 0.354. The van der Waals surface area contributed by atoms with Crippen LogP contribution in [0.25, 0.3) is 0 Å². The second-order valence-electron chi connectivity index (χ2n) is 3.86. The smallest absolute Gasteiger partial charge is 0.112 e. The van der Waals surface area contributed by atoms with E-state index in [1.54, 1.807) is 0 Å². The van der Waals surface area contributed by atoms with Gasteiger partial charge >= 0.3 is 0 Å². The summed E-state index contributed by atoms with van der Waals surface area (Å²) in [5.41, 5.74) is 6.97. The van der Waals surface area contributed by atoms with Gasteiger partial charge < -0.3 is 10.7 Å². The van der Waals surface area contributed by atoms with Crippen molar-refractivity contribution in [3.63, 3.8) is 0 Å². The fraction of sp³-hybridized carbons (Fsp3) is 0.667. The third kappa shape index (κ3) is 1.25. The fourth-order valence-corrected chi connectivity index (χ4v) is 1.37. The highest BCUT2D eigenvalue weighted by Gasteiger charge is 2.41. The zero-order valence-corrected chi connectivity index (χ0v) is 7.43. The van der Waals surface area contributed by atoms with Crippen LogP contribution in [0.5, 0.6) is 0 Å². The minimum Gasteiger partial charge on any atom is -0.345 e. The average Bonchev–Trinajstić information content (AvgIpc) is 2.64. The standard InChI is InChI=1S/C9H15N3/c1-9(3-4-9)8-11-6-7(12-8)2-5-10/h6H,2-5,10H2,1H3,(H,11,12). The van der Waals surface area contributed by atoms with Gasteiger partial charge in [-0.05, 0) is 19.4 Å². The summed E-state index contributed by atoms with van der Waals surface area (Å²) in [5.74, 6) is 1.14. The van der Waals surface area contributed by atoms with Gasteiger partial charge in [-0.2, -0.15) is 0 Å². The summed E-state index contributed by atoms with van der Waals surface area (Å²) in [6.45, 7) is 2.94. The zero-order valence-electron chi connectivity index (χ0n) is 7.43. The number of hydrogen-bond acceptors (Lipinski definition) is 2. The van der Waals surface area contributed by atoms with Gasteiger partial charge in [0, 0.05) is 23.7 Å². The van der Waals surface area contributed by atoms with E-state index in [9.17, 15) is 0 Å². The van der Waals surface area contributed by atoms with Gasteiger partial charge in [0.1, 0.15) is 5.82 Å². The van der Waals surface area contributed by atoms with E-state index < -0.39 is 0 Å². The molecule has 3 N–H and O–H groups in total. The summed E-state index contributed by atoms with van der Waals surface area (Å²) in [5, 5.41) is 0. The molecule has 0 amide bonds. The minimum absolute atomic E-state index is 0.354. The predicted molar refractivity (Wildman–Crippen MR) is 47.9 cm³/mol. The number of aromatic nitrogens is 2. The Kier molecular flexibility index (Phi) is 1.68. The van der Waals surface area contributed by atoms with E-state index in [0.717, 1.165) is 12.2 Å². The van der Waals surface area contributed by atoms with Crippen molar-refractivity contribution in [2.24, 2.45) is 5.73 Å². The second kappa shape index (κ2) is 2.59. The zero-order chi connectivity index (χ0) is 8.60. The Bertz CT molecular complexity index is 273. The Labute approximate surface area is 72.4 Å². The largest absolute Gasteiger partial charge is 0.345 e. The van der Waals surface area contributed by atoms with Gasteiger partial charge in [-0.1, -0.05) is 6.92 Å². The molecule has 1 aliphatic carbocycles. The monoisotopic (exact) mass is 165 g/mol. The molecule has 0 aromatic carbocycles. The van der Waals surface area contributed by atoms with E-state index in [2.05, 4.69) is 16.9 Å². The Hall–Kier alpha value is -0.830. The van der Waals surface area contributed by atoms with Gasteiger partial charge in [0.05, 0.1) is 0 Å². The van der Waals surface area contributed by atoms with Gasteiger partial charge in [0.25, 0.3) is 0 Å². The highest BCUT2D eigenvalue weighted by Crippen LogP contribution is 2.45. The van der Waals surface area contributed by atoms with Crippen LogP contribution in [0.4, 0.5) is 0 Å². The van der Waals surface area contributed by atoms with E-state index in [1.165, 1.54) is 18.5 Å². The van der Waals surface area contributed by atoms with Crippen LogP contribution in [0.1, 0.15) is 31.3 Å². The number of nitrogens with two attached hydrogens (primary N) is 1. The first-order valence-electron chi connectivity index (χ1n) is 4.49. The fourth-order valence-electron chi connectivity index (χ4n) is 1.37. The van der Waals surface area contributed by atoms with Crippen molar-refractivity contribution >= 4 is 0 Å². The molecule has 0 unspecified atom stereocenters. The van der Waals surface area contributed by atoms with Crippen LogP contribution >= 0.6 is 0 Å². The molecular weight excluding hydrogens is 150 g/mol. The molecular formula is C9H15N3. The van der Waals surface area contributed by atoms with Crippen LogP contribution in [0, 0.1) is 0 Å². The number of nitrogens with zero attached hydrogens (tertiary/aromatic N) is 1. The van der Waals surface area contributed by atoms with Gasteiger partial charge in [0.2, 0.25) is 0 Å². The number of imidazole rings is 1. The van der Waals surface area contributed by atoms with Crippen LogP contribution in [0.2, 0.25) is 0 Å². The van der Waals surface area contributed by atoms with Gasteiger partial charge in [-0.3, -0.25) is 0 Å². The summed E-state index contributed by atoms with van der Waals surface area (Å²) in [4.78, 5) is 7.68. The normalized spacial score (nSPS) is 19.5. The van der Waals surface area contributed by atoms with Gasteiger partial charge in [0.15, 0.2) is 0 Å². The molecule has 1 aromatic heterocycles. The maximum Gasteiger partial charge on any atom is 0.112 e. The molecule has 3 nitrogen and oxygen atoms in total. The van der Waals surface area contributed by atoms with E-state index in [1.807, 2.05) is 6.20 Å². The lowest BCUT2D eigenvalue weighted by Crippen LogP contribution is -2.05. The first-order chi connectivity index (χ1) is 5.74. The van der Waals surface area contributed by atoms with Crippen molar-refractivity contribution in [2.75, 3.05) is 6.54 Å². The summed E-state index contributed by atoms with van der Waals surface area (Å²) in [6.07, 6.45) is 5.35. The highest BCUT2D eigenvalue weighted by molar-refractivity contribution is 5.18. The van der Waals surface area contributed by atoms with Crippen LogP contribution in [-0.4, -0.2) is 16.5 Å². The molecule has 1 saturated carbocycles. The number of hydrogen-bond donors (Lipinski definition) is 2.